The average molecular weight is 547 g/mol. The molecule has 0 aliphatic carbocycles. The smallest absolute Gasteiger partial charge is 0.251 e. The van der Waals surface area contributed by atoms with E-state index in [1.54, 1.807) is 25.3 Å². The van der Waals surface area contributed by atoms with E-state index in [4.69, 9.17) is 9.97 Å². The van der Waals surface area contributed by atoms with E-state index >= 15 is 0 Å². The summed E-state index contributed by atoms with van der Waals surface area (Å²) < 4.78 is 24.0. The van der Waals surface area contributed by atoms with Crippen molar-refractivity contribution >= 4 is 32.5 Å². The molecule has 202 valence electrons. The van der Waals surface area contributed by atoms with Gasteiger partial charge in [0.15, 0.2) is 9.84 Å². The maximum absolute atomic E-state index is 12.7. The monoisotopic (exact) mass is 546 g/mol. The van der Waals surface area contributed by atoms with E-state index in [-0.39, 0.29) is 35.6 Å². The summed E-state index contributed by atoms with van der Waals surface area (Å²) in [5.41, 5.74) is 3.65. The van der Waals surface area contributed by atoms with Crippen molar-refractivity contribution in [1.82, 2.24) is 25.6 Å². The summed E-state index contributed by atoms with van der Waals surface area (Å²) in [6.07, 6.45) is 2.83. The number of aromatic nitrogens is 3. The van der Waals surface area contributed by atoms with Crippen LogP contribution in [0.4, 0.5) is 5.82 Å². The third kappa shape index (κ3) is 6.06. The van der Waals surface area contributed by atoms with Crippen LogP contribution in [0.25, 0.3) is 22.3 Å². The summed E-state index contributed by atoms with van der Waals surface area (Å²) in [6.45, 7) is 4.19. The molecule has 4 aromatic rings. The molecule has 1 amide bonds. The molecule has 0 radical (unpaired) electrons. The Bertz CT molecular complexity index is 1640. The largest absolute Gasteiger partial charge is 0.395 e. The summed E-state index contributed by atoms with van der Waals surface area (Å²) in [6, 6.07) is 16.1. The van der Waals surface area contributed by atoms with Crippen LogP contribution >= 0.6 is 0 Å². The van der Waals surface area contributed by atoms with Crippen LogP contribution < -0.4 is 15.5 Å². The highest BCUT2D eigenvalue weighted by molar-refractivity contribution is 7.90. The van der Waals surface area contributed by atoms with Gasteiger partial charge in [0.2, 0.25) is 0 Å². The normalized spacial score (nSPS) is 15.9. The number of nitrogens with one attached hydrogen (secondary N) is 2. The zero-order chi connectivity index (χ0) is 27.6. The van der Waals surface area contributed by atoms with Gasteiger partial charge in [0, 0.05) is 49.1 Å². The number of carbonyl (C=O) groups is 1. The predicted octanol–water partition coefficient (Wildman–Crippen LogP) is 2.10. The number of nitrogens with zero attached hydrogens (tertiary/aromatic N) is 4. The van der Waals surface area contributed by atoms with Crippen molar-refractivity contribution in [2.24, 2.45) is 0 Å². The Kier molecular flexibility index (Phi) is 7.56. The van der Waals surface area contributed by atoms with Crippen molar-refractivity contribution in [2.75, 3.05) is 37.4 Å². The molecule has 0 bridgehead atoms. The van der Waals surface area contributed by atoms with Gasteiger partial charge in [-0.05, 0) is 55.0 Å². The first-order valence-electron chi connectivity index (χ1n) is 12.6. The molecule has 3 aromatic heterocycles. The minimum Gasteiger partial charge on any atom is -0.395 e. The fourth-order valence-corrected chi connectivity index (χ4v) is 5.60. The standard InChI is InChI=1S/C28H30N6O4S/c1-18-6-7-19(12-26(18)39(2,37)38)28(36)31-15-21-13-25-20(14-30-21)8-9-24(32-25)23-4-3-5-27(33-23)34-11-10-29-22(16-34)17-35/h3-9,12-14,22,29,35H,10-11,15-17H2,1-2H3,(H,31,36)/t22-/m0/s1. The van der Waals surface area contributed by atoms with Gasteiger partial charge in [-0.25, -0.2) is 18.4 Å². The number of sulfone groups is 1. The van der Waals surface area contributed by atoms with E-state index < -0.39 is 9.84 Å². The first-order chi connectivity index (χ1) is 18.7. The molecular formula is C28H30N6O4S. The fourth-order valence-electron chi connectivity index (χ4n) is 4.61. The molecule has 0 unspecified atom stereocenters. The summed E-state index contributed by atoms with van der Waals surface area (Å²) in [4.78, 5) is 29.1. The summed E-state index contributed by atoms with van der Waals surface area (Å²) >= 11 is 0. The first kappa shape index (κ1) is 26.7. The Balaban J connectivity index is 1.33. The second kappa shape index (κ2) is 11.0. The van der Waals surface area contributed by atoms with Gasteiger partial charge in [-0.3, -0.25) is 9.78 Å². The molecule has 0 saturated carbocycles. The lowest BCUT2D eigenvalue weighted by molar-refractivity contribution is 0.0950. The number of aliphatic hydroxyl groups is 1. The summed E-state index contributed by atoms with van der Waals surface area (Å²) in [5, 5.41) is 16.5. The number of fused-ring (bicyclic) bond motifs is 1. The molecular weight excluding hydrogens is 516 g/mol. The number of aliphatic hydroxyl groups excluding tert-OH is 1. The third-order valence-corrected chi connectivity index (χ3v) is 7.95. The van der Waals surface area contributed by atoms with Gasteiger partial charge in [-0.1, -0.05) is 12.1 Å². The van der Waals surface area contributed by atoms with Crippen molar-refractivity contribution in [3.63, 3.8) is 0 Å². The van der Waals surface area contributed by atoms with E-state index in [1.807, 2.05) is 36.4 Å². The minimum atomic E-state index is -3.44. The summed E-state index contributed by atoms with van der Waals surface area (Å²) in [7, 11) is -3.44. The number of hydrogen-bond donors (Lipinski definition) is 3. The zero-order valence-electron chi connectivity index (χ0n) is 21.8. The third-order valence-electron chi connectivity index (χ3n) is 6.71. The van der Waals surface area contributed by atoms with Gasteiger partial charge in [-0.15, -0.1) is 0 Å². The summed E-state index contributed by atoms with van der Waals surface area (Å²) in [5.74, 6) is 0.448. The first-order valence-corrected chi connectivity index (χ1v) is 14.5. The van der Waals surface area contributed by atoms with Crippen molar-refractivity contribution in [2.45, 2.75) is 24.4 Å². The molecule has 5 rings (SSSR count). The number of aryl methyl sites for hydroxylation is 1. The van der Waals surface area contributed by atoms with Gasteiger partial charge >= 0.3 is 0 Å². The van der Waals surface area contributed by atoms with Crippen LogP contribution in [0.15, 0.2) is 65.7 Å². The molecule has 1 saturated heterocycles. The molecule has 1 aliphatic rings. The second-order valence-electron chi connectivity index (χ2n) is 9.66. The lowest BCUT2D eigenvalue weighted by atomic mass is 10.1. The molecule has 0 spiro atoms. The molecule has 11 heteroatoms. The quantitative estimate of drug-likeness (QED) is 0.318. The van der Waals surface area contributed by atoms with Gasteiger partial charge in [0.25, 0.3) is 5.91 Å². The number of pyridine rings is 3. The van der Waals surface area contributed by atoms with Crippen LogP contribution in [-0.2, 0) is 16.4 Å². The molecule has 1 aromatic carbocycles. The Morgan fingerprint density at radius 1 is 1.13 bits per heavy atom. The van der Waals surface area contributed by atoms with Crippen LogP contribution in [0.5, 0.6) is 0 Å². The lowest BCUT2D eigenvalue weighted by Crippen LogP contribution is -2.52. The Morgan fingerprint density at radius 3 is 2.74 bits per heavy atom. The molecule has 1 atom stereocenters. The molecule has 10 nitrogen and oxygen atoms in total. The minimum absolute atomic E-state index is 0.0159. The Morgan fingerprint density at radius 2 is 1.95 bits per heavy atom. The maximum Gasteiger partial charge on any atom is 0.251 e. The number of benzene rings is 1. The SMILES string of the molecule is Cc1ccc(C(=O)NCc2cc3nc(-c4cccc(N5CCN[C@H](CO)C5)n4)ccc3cn2)cc1S(C)(=O)=O. The van der Waals surface area contributed by atoms with Crippen LogP contribution in [-0.4, -0.2) is 72.9 Å². The van der Waals surface area contributed by atoms with Crippen LogP contribution in [0, 0.1) is 6.92 Å². The topological polar surface area (TPSA) is 137 Å². The van der Waals surface area contributed by atoms with Gasteiger partial charge in [-0.2, -0.15) is 0 Å². The predicted molar refractivity (Wildman–Crippen MR) is 149 cm³/mol. The molecule has 3 N–H and O–H groups in total. The Hall–Kier alpha value is -3.93. The number of hydrogen-bond acceptors (Lipinski definition) is 9. The number of anilines is 1. The van der Waals surface area contributed by atoms with Gasteiger partial charge in [0.05, 0.1) is 40.6 Å². The van der Waals surface area contributed by atoms with Gasteiger partial charge < -0.3 is 20.6 Å². The number of amides is 1. The second-order valence-corrected chi connectivity index (χ2v) is 11.6. The average Bonchev–Trinajstić information content (AvgIpc) is 2.95. The van der Waals surface area contributed by atoms with Crippen LogP contribution in [0.1, 0.15) is 21.6 Å². The number of piperazine rings is 1. The van der Waals surface area contributed by atoms with Crippen molar-refractivity contribution in [1.29, 1.82) is 0 Å². The number of carbonyl (C=O) groups excluding carboxylic acids is 1. The highest BCUT2D eigenvalue weighted by Crippen LogP contribution is 2.23. The van der Waals surface area contributed by atoms with E-state index in [0.717, 1.165) is 41.8 Å². The molecule has 4 heterocycles. The molecule has 1 aliphatic heterocycles. The molecule has 39 heavy (non-hydrogen) atoms. The lowest BCUT2D eigenvalue weighted by Gasteiger charge is -2.33. The van der Waals surface area contributed by atoms with E-state index in [0.29, 0.717) is 23.5 Å². The van der Waals surface area contributed by atoms with Crippen LogP contribution in [0.3, 0.4) is 0 Å². The van der Waals surface area contributed by atoms with Crippen molar-refractivity contribution < 1.29 is 18.3 Å². The van der Waals surface area contributed by atoms with Crippen molar-refractivity contribution in [3.8, 4) is 11.4 Å². The van der Waals surface area contributed by atoms with Crippen LogP contribution in [0.2, 0.25) is 0 Å². The fraction of sp³-hybridized carbons (Fsp3) is 0.286. The van der Waals surface area contributed by atoms with Gasteiger partial charge in [0.1, 0.15) is 5.82 Å². The zero-order valence-corrected chi connectivity index (χ0v) is 22.6. The maximum atomic E-state index is 12.7. The van der Waals surface area contributed by atoms with Crippen molar-refractivity contribution in [3.05, 3.63) is 77.6 Å². The number of rotatable bonds is 7. The van der Waals surface area contributed by atoms with E-state index in [9.17, 15) is 18.3 Å². The molecule has 1 fully saturated rings. The highest BCUT2D eigenvalue weighted by Gasteiger charge is 2.20. The van der Waals surface area contributed by atoms with E-state index in [2.05, 4.69) is 20.5 Å². The van der Waals surface area contributed by atoms with E-state index in [1.165, 1.54) is 6.07 Å². The highest BCUT2D eigenvalue weighted by atomic mass is 32.2. The Labute approximate surface area is 227 Å².